The average molecular weight is 276 g/mol. The molecule has 0 spiro atoms. The molecule has 0 saturated heterocycles. The number of hydrogen-bond acceptors (Lipinski definition) is 4. The SMILES string of the molecule is O=C(O)NC1CC(Nc2cnc(C(F)(F)F)cn2)C1. The second-order valence-corrected chi connectivity index (χ2v) is 4.24. The Balaban J connectivity index is 1.84. The number of nitrogens with zero attached hydrogens (tertiary/aromatic N) is 2. The van der Waals surface area contributed by atoms with E-state index in [9.17, 15) is 18.0 Å². The predicted octanol–water partition coefficient (Wildman–Crippen LogP) is 1.71. The lowest BCUT2D eigenvalue weighted by molar-refractivity contribution is -0.141. The van der Waals surface area contributed by atoms with E-state index in [0.29, 0.717) is 19.0 Å². The summed E-state index contributed by atoms with van der Waals surface area (Å²) in [5.74, 6) is 0.242. The largest absolute Gasteiger partial charge is 0.465 e. The molecule has 1 amide bonds. The predicted molar refractivity (Wildman–Crippen MR) is 58.6 cm³/mol. The first kappa shape index (κ1) is 13.4. The van der Waals surface area contributed by atoms with Crippen LogP contribution in [0.3, 0.4) is 0 Å². The van der Waals surface area contributed by atoms with Crippen molar-refractivity contribution in [2.75, 3.05) is 5.32 Å². The summed E-state index contributed by atoms with van der Waals surface area (Å²) in [6, 6.07) is -0.139. The van der Waals surface area contributed by atoms with Crippen LogP contribution in [0.1, 0.15) is 18.5 Å². The second kappa shape index (κ2) is 4.90. The molecule has 19 heavy (non-hydrogen) atoms. The summed E-state index contributed by atoms with van der Waals surface area (Å²) in [5, 5.41) is 13.7. The van der Waals surface area contributed by atoms with E-state index in [1.54, 1.807) is 0 Å². The van der Waals surface area contributed by atoms with Crippen LogP contribution < -0.4 is 10.6 Å². The van der Waals surface area contributed by atoms with Gasteiger partial charge in [-0.15, -0.1) is 0 Å². The maximum absolute atomic E-state index is 12.2. The fraction of sp³-hybridized carbons (Fsp3) is 0.500. The molecule has 3 N–H and O–H groups in total. The number of halogens is 3. The van der Waals surface area contributed by atoms with Crippen molar-refractivity contribution in [1.82, 2.24) is 15.3 Å². The Morgan fingerprint density at radius 3 is 2.42 bits per heavy atom. The number of amides is 1. The number of aromatic nitrogens is 2. The molecule has 1 aromatic rings. The van der Waals surface area contributed by atoms with E-state index in [1.165, 1.54) is 0 Å². The zero-order chi connectivity index (χ0) is 14.0. The molecule has 0 aliphatic heterocycles. The van der Waals surface area contributed by atoms with Crippen LogP contribution >= 0.6 is 0 Å². The molecule has 1 aliphatic carbocycles. The summed E-state index contributed by atoms with van der Waals surface area (Å²) in [6.45, 7) is 0. The topological polar surface area (TPSA) is 87.1 Å². The van der Waals surface area contributed by atoms with Crippen LogP contribution in [-0.4, -0.2) is 33.3 Å². The first-order valence-electron chi connectivity index (χ1n) is 5.50. The molecule has 104 valence electrons. The van der Waals surface area contributed by atoms with Crippen molar-refractivity contribution in [3.63, 3.8) is 0 Å². The highest BCUT2D eigenvalue weighted by atomic mass is 19.4. The lowest BCUT2D eigenvalue weighted by Gasteiger charge is -2.35. The standard InChI is InChI=1S/C10H11F3N4O2/c11-10(12,13)7-3-15-8(4-14-7)16-5-1-6(2-5)17-9(18)19/h3-6,17H,1-2H2,(H,15,16)(H,18,19). The molecule has 6 nitrogen and oxygen atoms in total. The van der Waals surface area contributed by atoms with E-state index in [4.69, 9.17) is 5.11 Å². The summed E-state index contributed by atoms with van der Waals surface area (Å²) in [7, 11) is 0. The van der Waals surface area contributed by atoms with Gasteiger partial charge in [0, 0.05) is 12.1 Å². The third-order valence-electron chi connectivity index (χ3n) is 2.76. The lowest BCUT2D eigenvalue weighted by atomic mass is 9.87. The van der Waals surface area contributed by atoms with Crippen molar-refractivity contribution < 1.29 is 23.1 Å². The average Bonchev–Trinajstić information content (AvgIpc) is 2.25. The fourth-order valence-corrected chi connectivity index (χ4v) is 1.79. The highest BCUT2D eigenvalue weighted by Gasteiger charge is 2.33. The Labute approximate surface area is 106 Å². The van der Waals surface area contributed by atoms with Gasteiger partial charge in [-0.2, -0.15) is 13.2 Å². The normalized spacial score (nSPS) is 22.5. The van der Waals surface area contributed by atoms with Crippen LogP contribution in [-0.2, 0) is 6.18 Å². The van der Waals surface area contributed by atoms with Crippen LogP contribution in [0.4, 0.5) is 23.8 Å². The van der Waals surface area contributed by atoms with Crippen LogP contribution in [0.5, 0.6) is 0 Å². The van der Waals surface area contributed by atoms with Gasteiger partial charge in [-0.25, -0.2) is 14.8 Å². The van der Waals surface area contributed by atoms with E-state index in [0.717, 1.165) is 6.20 Å². The van der Waals surface area contributed by atoms with Gasteiger partial charge in [0.25, 0.3) is 0 Å². The van der Waals surface area contributed by atoms with Gasteiger partial charge in [0.15, 0.2) is 5.69 Å². The molecular formula is C10H11F3N4O2. The minimum Gasteiger partial charge on any atom is -0.465 e. The number of anilines is 1. The van der Waals surface area contributed by atoms with E-state index < -0.39 is 18.0 Å². The summed E-state index contributed by atoms with van der Waals surface area (Å²) < 4.78 is 36.7. The Hall–Kier alpha value is -2.06. The van der Waals surface area contributed by atoms with Gasteiger partial charge in [0.1, 0.15) is 5.82 Å². The van der Waals surface area contributed by atoms with E-state index in [2.05, 4.69) is 20.6 Å². The molecule has 1 fully saturated rings. The maximum Gasteiger partial charge on any atom is 0.434 e. The van der Waals surface area contributed by atoms with Crippen LogP contribution in [0.25, 0.3) is 0 Å². The number of nitrogens with one attached hydrogen (secondary N) is 2. The van der Waals surface area contributed by atoms with Crippen molar-refractivity contribution in [3.05, 3.63) is 18.1 Å². The number of carbonyl (C=O) groups is 1. The molecule has 1 aliphatic rings. The summed E-state index contributed by atoms with van der Waals surface area (Å²) >= 11 is 0. The highest BCUT2D eigenvalue weighted by molar-refractivity contribution is 5.65. The summed E-state index contributed by atoms with van der Waals surface area (Å²) in [6.07, 6.45) is -2.78. The van der Waals surface area contributed by atoms with Crippen molar-refractivity contribution in [2.24, 2.45) is 0 Å². The third kappa shape index (κ3) is 3.46. The van der Waals surface area contributed by atoms with E-state index in [-0.39, 0.29) is 17.9 Å². The third-order valence-corrected chi connectivity index (χ3v) is 2.76. The van der Waals surface area contributed by atoms with Gasteiger partial charge in [-0.05, 0) is 12.8 Å². The van der Waals surface area contributed by atoms with E-state index in [1.807, 2.05) is 0 Å². The number of hydrogen-bond donors (Lipinski definition) is 3. The van der Waals surface area contributed by atoms with Gasteiger partial charge < -0.3 is 15.7 Å². The number of alkyl halides is 3. The Bertz CT molecular complexity index is 457. The molecule has 0 atom stereocenters. The summed E-state index contributed by atoms with van der Waals surface area (Å²) in [5.41, 5.74) is -1.04. The van der Waals surface area contributed by atoms with Gasteiger partial charge in [0.2, 0.25) is 0 Å². The minimum absolute atomic E-state index is 0.0112. The molecule has 0 radical (unpaired) electrons. The van der Waals surface area contributed by atoms with Crippen LogP contribution in [0, 0.1) is 0 Å². The highest BCUT2D eigenvalue weighted by Crippen LogP contribution is 2.28. The quantitative estimate of drug-likeness (QED) is 0.782. The first-order valence-corrected chi connectivity index (χ1v) is 5.50. The Morgan fingerprint density at radius 2 is 1.95 bits per heavy atom. The Kier molecular flexibility index (Phi) is 3.45. The van der Waals surface area contributed by atoms with Crippen molar-refractivity contribution >= 4 is 11.9 Å². The molecule has 0 bridgehead atoms. The molecule has 0 unspecified atom stereocenters. The number of rotatable bonds is 3. The van der Waals surface area contributed by atoms with Gasteiger partial charge >= 0.3 is 12.3 Å². The van der Waals surface area contributed by atoms with Crippen molar-refractivity contribution in [2.45, 2.75) is 31.1 Å². The molecule has 1 aromatic heterocycles. The number of carboxylic acid groups (broad SMARTS) is 1. The van der Waals surface area contributed by atoms with E-state index >= 15 is 0 Å². The molecular weight excluding hydrogens is 265 g/mol. The summed E-state index contributed by atoms with van der Waals surface area (Å²) in [4.78, 5) is 17.2. The van der Waals surface area contributed by atoms with Gasteiger partial charge in [-0.3, -0.25) is 0 Å². The van der Waals surface area contributed by atoms with Crippen molar-refractivity contribution in [3.8, 4) is 0 Å². The van der Waals surface area contributed by atoms with Gasteiger partial charge in [0.05, 0.1) is 12.4 Å². The Morgan fingerprint density at radius 1 is 1.26 bits per heavy atom. The lowest BCUT2D eigenvalue weighted by Crippen LogP contribution is -2.49. The fourth-order valence-electron chi connectivity index (χ4n) is 1.79. The van der Waals surface area contributed by atoms with Crippen LogP contribution in [0.15, 0.2) is 12.4 Å². The zero-order valence-electron chi connectivity index (χ0n) is 9.61. The smallest absolute Gasteiger partial charge is 0.434 e. The second-order valence-electron chi connectivity index (χ2n) is 4.24. The maximum atomic E-state index is 12.2. The zero-order valence-corrected chi connectivity index (χ0v) is 9.61. The minimum atomic E-state index is -4.50. The van der Waals surface area contributed by atoms with Gasteiger partial charge in [-0.1, -0.05) is 0 Å². The van der Waals surface area contributed by atoms with Crippen molar-refractivity contribution in [1.29, 1.82) is 0 Å². The molecule has 2 rings (SSSR count). The van der Waals surface area contributed by atoms with Crippen LogP contribution in [0.2, 0.25) is 0 Å². The molecule has 1 saturated carbocycles. The molecule has 1 heterocycles. The molecule has 0 aromatic carbocycles. The first-order chi connectivity index (χ1) is 8.84. The molecule has 9 heteroatoms. The monoisotopic (exact) mass is 276 g/mol.